The number of fused-ring (bicyclic) bond motifs is 1. The van der Waals surface area contributed by atoms with E-state index in [1.54, 1.807) is 0 Å². The van der Waals surface area contributed by atoms with Crippen molar-refractivity contribution in [2.75, 3.05) is 19.8 Å². The minimum Gasteiger partial charge on any atom is -0.390 e. The smallest absolute Gasteiger partial charge is 0.135 e. The predicted molar refractivity (Wildman–Crippen MR) is 71.4 cm³/mol. The van der Waals surface area contributed by atoms with Crippen LogP contribution >= 0.6 is 0 Å². The minimum atomic E-state index is -0.449. The zero-order valence-electron chi connectivity index (χ0n) is 11.8. The second-order valence-corrected chi connectivity index (χ2v) is 6.24. The number of ketones is 1. The first-order chi connectivity index (χ1) is 9.72. The van der Waals surface area contributed by atoms with Crippen LogP contribution < -0.4 is 0 Å². The summed E-state index contributed by atoms with van der Waals surface area (Å²) in [6, 6.07) is 0. The highest BCUT2D eigenvalue weighted by Gasteiger charge is 2.39. The number of hydrogen-bond donors (Lipinski definition) is 1. The van der Waals surface area contributed by atoms with Crippen molar-refractivity contribution in [3.63, 3.8) is 0 Å². The highest BCUT2D eigenvalue weighted by atomic mass is 16.6. The van der Waals surface area contributed by atoms with Gasteiger partial charge in [-0.3, -0.25) is 4.79 Å². The van der Waals surface area contributed by atoms with Crippen molar-refractivity contribution in [1.82, 2.24) is 0 Å². The number of Topliss-reactive ketones (excluding diaryl/α,β-unsaturated/α-hetero) is 1. The maximum absolute atomic E-state index is 12.1. The van der Waals surface area contributed by atoms with E-state index in [-0.39, 0.29) is 24.1 Å². The monoisotopic (exact) mass is 284 g/mol. The van der Waals surface area contributed by atoms with Crippen molar-refractivity contribution >= 4 is 5.78 Å². The molecular weight excluding hydrogens is 260 g/mol. The summed E-state index contributed by atoms with van der Waals surface area (Å²) in [7, 11) is 0. The normalized spacial score (nSPS) is 41.4. The van der Waals surface area contributed by atoms with Gasteiger partial charge in [-0.1, -0.05) is 0 Å². The first-order valence-electron chi connectivity index (χ1n) is 7.77. The van der Waals surface area contributed by atoms with Crippen molar-refractivity contribution in [3.8, 4) is 0 Å². The molecule has 0 aromatic heterocycles. The number of ether oxygens (including phenoxy) is 3. The molecule has 0 aromatic carbocycles. The van der Waals surface area contributed by atoms with Crippen LogP contribution in [0.4, 0.5) is 0 Å². The fraction of sp³-hybridized carbons (Fsp3) is 0.933. The molecule has 5 nitrogen and oxygen atoms in total. The Balaban J connectivity index is 1.47. The molecule has 0 aromatic rings. The first kappa shape index (κ1) is 14.4. The second kappa shape index (κ2) is 6.52. The third kappa shape index (κ3) is 3.39. The van der Waals surface area contributed by atoms with Crippen LogP contribution in [-0.4, -0.2) is 55.1 Å². The van der Waals surface area contributed by atoms with Crippen molar-refractivity contribution in [3.05, 3.63) is 0 Å². The van der Waals surface area contributed by atoms with Crippen molar-refractivity contribution in [1.29, 1.82) is 0 Å². The maximum atomic E-state index is 12.1. The van der Waals surface area contributed by atoms with Crippen molar-refractivity contribution < 1.29 is 24.1 Å². The van der Waals surface area contributed by atoms with Crippen LogP contribution in [0.3, 0.4) is 0 Å². The minimum absolute atomic E-state index is 0.00772. The third-order valence-electron chi connectivity index (χ3n) is 4.61. The quantitative estimate of drug-likeness (QED) is 0.836. The fourth-order valence-electron chi connectivity index (χ4n) is 3.47. The molecule has 0 bridgehead atoms. The molecule has 3 heterocycles. The number of aliphatic hydroxyl groups excluding tert-OH is 1. The van der Waals surface area contributed by atoms with E-state index >= 15 is 0 Å². The number of aliphatic hydroxyl groups is 1. The lowest BCUT2D eigenvalue weighted by Crippen LogP contribution is -2.51. The Kier molecular flexibility index (Phi) is 4.71. The Morgan fingerprint density at radius 3 is 2.80 bits per heavy atom. The highest BCUT2D eigenvalue weighted by molar-refractivity contribution is 5.79. The van der Waals surface area contributed by atoms with Gasteiger partial charge < -0.3 is 19.3 Å². The van der Waals surface area contributed by atoms with Gasteiger partial charge in [0.2, 0.25) is 0 Å². The van der Waals surface area contributed by atoms with Crippen LogP contribution in [0.15, 0.2) is 0 Å². The standard InChI is InChI=1S/C15H24O5/c16-11(7-10-3-5-18-9-10)8-12-1-2-14-15(20-12)13(17)4-6-19-14/h10,12-15,17H,1-9H2. The Bertz CT molecular complexity index is 339. The Morgan fingerprint density at radius 1 is 1.10 bits per heavy atom. The van der Waals surface area contributed by atoms with Crippen LogP contribution in [0.2, 0.25) is 0 Å². The molecule has 114 valence electrons. The van der Waals surface area contributed by atoms with Crippen molar-refractivity contribution in [2.45, 2.75) is 62.9 Å². The molecule has 0 aliphatic carbocycles. The lowest BCUT2D eigenvalue weighted by atomic mass is 9.91. The molecule has 5 heteroatoms. The molecule has 5 atom stereocenters. The molecular formula is C15H24O5. The summed E-state index contributed by atoms with van der Waals surface area (Å²) in [6.45, 7) is 2.11. The molecule has 0 spiro atoms. The van der Waals surface area contributed by atoms with Gasteiger partial charge in [0.05, 0.1) is 18.3 Å². The molecule has 5 unspecified atom stereocenters. The molecule has 3 fully saturated rings. The molecule has 0 saturated carbocycles. The molecule has 0 radical (unpaired) electrons. The summed E-state index contributed by atoms with van der Waals surface area (Å²) >= 11 is 0. The lowest BCUT2D eigenvalue weighted by Gasteiger charge is -2.41. The maximum Gasteiger partial charge on any atom is 0.135 e. The van der Waals surface area contributed by atoms with Gasteiger partial charge in [0.15, 0.2) is 0 Å². The molecule has 0 amide bonds. The van der Waals surface area contributed by atoms with Gasteiger partial charge in [0, 0.05) is 32.7 Å². The van der Waals surface area contributed by atoms with Crippen molar-refractivity contribution in [2.24, 2.45) is 5.92 Å². The number of carbonyl (C=O) groups excluding carboxylic acids is 1. The van der Waals surface area contributed by atoms with Gasteiger partial charge in [-0.15, -0.1) is 0 Å². The van der Waals surface area contributed by atoms with Crippen LogP contribution in [0.5, 0.6) is 0 Å². The SMILES string of the molecule is O=C(CC1CCOC1)CC1CCC2OCCC(O)C2O1. The van der Waals surface area contributed by atoms with E-state index in [0.717, 1.165) is 25.9 Å². The number of hydrogen-bond acceptors (Lipinski definition) is 5. The molecule has 3 saturated heterocycles. The van der Waals surface area contributed by atoms with Crippen LogP contribution in [0.25, 0.3) is 0 Å². The summed E-state index contributed by atoms with van der Waals surface area (Å²) in [6.07, 6.45) is 3.68. The summed E-state index contributed by atoms with van der Waals surface area (Å²) in [5.74, 6) is 0.651. The molecule has 3 rings (SSSR count). The van der Waals surface area contributed by atoms with E-state index in [0.29, 0.717) is 38.4 Å². The third-order valence-corrected chi connectivity index (χ3v) is 4.61. The molecule has 3 aliphatic heterocycles. The van der Waals surface area contributed by atoms with E-state index < -0.39 is 6.10 Å². The van der Waals surface area contributed by atoms with Crippen LogP contribution in [0.1, 0.15) is 38.5 Å². The van der Waals surface area contributed by atoms with Gasteiger partial charge in [-0.25, -0.2) is 0 Å². The Hall–Kier alpha value is -0.490. The predicted octanol–water partition coefficient (Wildman–Crippen LogP) is 1.07. The first-order valence-corrected chi connectivity index (χ1v) is 7.77. The average molecular weight is 284 g/mol. The Morgan fingerprint density at radius 2 is 2.00 bits per heavy atom. The van der Waals surface area contributed by atoms with Crippen LogP contribution in [-0.2, 0) is 19.0 Å². The van der Waals surface area contributed by atoms with Gasteiger partial charge in [0.1, 0.15) is 11.9 Å². The Labute approximate surface area is 119 Å². The van der Waals surface area contributed by atoms with E-state index in [4.69, 9.17) is 14.2 Å². The summed E-state index contributed by atoms with van der Waals surface area (Å²) in [5.41, 5.74) is 0. The van der Waals surface area contributed by atoms with E-state index in [9.17, 15) is 9.90 Å². The summed E-state index contributed by atoms with van der Waals surface area (Å²) in [4.78, 5) is 12.1. The van der Waals surface area contributed by atoms with E-state index in [2.05, 4.69) is 0 Å². The summed E-state index contributed by atoms with van der Waals surface area (Å²) in [5, 5.41) is 9.98. The highest BCUT2D eigenvalue weighted by Crippen LogP contribution is 2.30. The zero-order chi connectivity index (χ0) is 13.9. The number of carbonyl (C=O) groups is 1. The average Bonchev–Trinajstić information content (AvgIpc) is 2.92. The topological polar surface area (TPSA) is 65.0 Å². The van der Waals surface area contributed by atoms with Crippen LogP contribution in [0, 0.1) is 5.92 Å². The molecule has 3 aliphatic rings. The second-order valence-electron chi connectivity index (χ2n) is 6.24. The lowest BCUT2D eigenvalue weighted by molar-refractivity contribution is -0.206. The van der Waals surface area contributed by atoms with Gasteiger partial charge in [-0.2, -0.15) is 0 Å². The molecule has 1 N–H and O–H groups in total. The number of rotatable bonds is 4. The fourth-order valence-corrected chi connectivity index (χ4v) is 3.47. The zero-order valence-corrected chi connectivity index (χ0v) is 11.8. The van der Waals surface area contributed by atoms with Gasteiger partial charge >= 0.3 is 0 Å². The largest absolute Gasteiger partial charge is 0.390 e. The van der Waals surface area contributed by atoms with E-state index in [1.165, 1.54) is 0 Å². The van der Waals surface area contributed by atoms with Gasteiger partial charge in [0.25, 0.3) is 0 Å². The van der Waals surface area contributed by atoms with Gasteiger partial charge in [-0.05, 0) is 31.6 Å². The van der Waals surface area contributed by atoms with E-state index in [1.807, 2.05) is 0 Å². The summed E-state index contributed by atoms with van der Waals surface area (Å²) < 4.78 is 16.8. The molecule has 20 heavy (non-hydrogen) atoms.